The highest BCUT2D eigenvalue weighted by molar-refractivity contribution is 7.12. The van der Waals surface area contributed by atoms with Crippen LogP contribution in [0.1, 0.15) is 35.1 Å². The normalized spacial score (nSPS) is 13.0. The minimum atomic E-state index is 0.660. The fourth-order valence-electron chi connectivity index (χ4n) is 1.64. The first kappa shape index (κ1) is 13.7. The van der Waals surface area contributed by atoms with Crippen LogP contribution in [-0.2, 0) is 6.54 Å². The molecule has 0 spiro atoms. The number of hydrogen-bond acceptors (Lipinski definition) is 3. The van der Waals surface area contributed by atoms with Crippen LogP contribution in [0.2, 0.25) is 0 Å². The minimum Gasteiger partial charge on any atom is -0.330 e. The summed E-state index contributed by atoms with van der Waals surface area (Å²) in [6, 6.07) is 2.29. The number of nitrogens with two attached hydrogens (primary N) is 1. The van der Waals surface area contributed by atoms with Gasteiger partial charge in [0.15, 0.2) is 0 Å². The Kier molecular flexibility index (Phi) is 6.03. The number of hydrogen-bond donors (Lipinski definition) is 2. The third-order valence-corrected chi connectivity index (χ3v) is 4.12. The molecule has 1 aromatic rings. The smallest absolute Gasteiger partial charge is 0.0299 e. The lowest BCUT2D eigenvalue weighted by atomic mass is 10.1. The summed E-state index contributed by atoms with van der Waals surface area (Å²) in [7, 11) is 0. The second-order valence-corrected chi connectivity index (χ2v) is 5.95. The highest BCUT2D eigenvalue weighted by atomic mass is 32.1. The maximum atomic E-state index is 5.58. The van der Waals surface area contributed by atoms with Crippen LogP contribution >= 0.6 is 11.3 Å². The van der Waals surface area contributed by atoms with Gasteiger partial charge in [-0.1, -0.05) is 6.92 Å². The van der Waals surface area contributed by atoms with Crippen LogP contribution in [-0.4, -0.2) is 13.1 Å². The summed E-state index contributed by atoms with van der Waals surface area (Å²) >= 11 is 1.90. The fourth-order valence-corrected chi connectivity index (χ4v) is 2.66. The summed E-state index contributed by atoms with van der Waals surface area (Å²) in [5, 5.41) is 3.49. The Balaban J connectivity index is 2.11. The molecule has 16 heavy (non-hydrogen) atoms. The monoisotopic (exact) mass is 240 g/mol. The summed E-state index contributed by atoms with van der Waals surface area (Å²) in [6.45, 7) is 9.50. The number of nitrogens with one attached hydrogen (secondary N) is 1. The Morgan fingerprint density at radius 3 is 2.75 bits per heavy atom. The van der Waals surface area contributed by atoms with Crippen molar-refractivity contribution in [3.05, 3.63) is 21.4 Å². The minimum absolute atomic E-state index is 0.660. The van der Waals surface area contributed by atoms with Gasteiger partial charge in [-0.25, -0.2) is 0 Å². The van der Waals surface area contributed by atoms with Crippen LogP contribution in [0.5, 0.6) is 0 Å². The molecule has 0 amide bonds. The Hall–Kier alpha value is -0.380. The molecule has 2 nitrogen and oxygen atoms in total. The zero-order valence-electron chi connectivity index (χ0n) is 10.7. The van der Waals surface area contributed by atoms with E-state index in [0.29, 0.717) is 5.92 Å². The molecular formula is C13H24N2S. The molecule has 0 aliphatic carbocycles. The van der Waals surface area contributed by atoms with Crippen molar-refractivity contribution >= 4 is 11.3 Å². The lowest BCUT2D eigenvalue weighted by Gasteiger charge is -2.08. The Bertz CT molecular complexity index is 287. The van der Waals surface area contributed by atoms with E-state index in [1.165, 1.54) is 28.2 Å². The molecule has 0 bridgehead atoms. The molecule has 92 valence electrons. The Morgan fingerprint density at radius 2 is 2.19 bits per heavy atom. The third kappa shape index (κ3) is 4.64. The zero-order valence-corrected chi connectivity index (χ0v) is 11.5. The van der Waals surface area contributed by atoms with Gasteiger partial charge in [-0.15, -0.1) is 11.3 Å². The van der Waals surface area contributed by atoms with Gasteiger partial charge in [0.1, 0.15) is 0 Å². The molecular weight excluding hydrogens is 216 g/mol. The van der Waals surface area contributed by atoms with Crippen molar-refractivity contribution in [3.63, 3.8) is 0 Å². The molecule has 0 fully saturated rings. The standard InChI is InChI=1S/C13H24N2S/c1-10(8-14)5-4-6-15-9-13-7-11(2)12(3)16-13/h7,10,15H,4-6,8-9,14H2,1-3H3. The van der Waals surface area contributed by atoms with Gasteiger partial charge in [-0.05, 0) is 57.3 Å². The molecule has 1 unspecified atom stereocenters. The van der Waals surface area contributed by atoms with E-state index in [9.17, 15) is 0 Å². The molecule has 1 aromatic heterocycles. The van der Waals surface area contributed by atoms with Crippen LogP contribution < -0.4 is 11.1 Å². The van der Waals surface area contributed by atoms with Gasteiger partial charge in [-0.3, -0.25) is 0 Å². The molecule has 3 heteroatoms. The second kappa shape index (κ2) is 7.05. The Morgan fingerprint density at radius 1 is 1.44 bits per heavy atom. The lowest BCUT2D eigenvalue weighted by molar-refractivity contribution is 0.502. The van der Waals surface area contributed by atoms with Crippen molar-refractivity contribution in [2.75, 3.05) is 13.1 Å². The topological polar surface area (TPSA) is 38.0 Å². The molecule has 1 heterocycles. The van der Waals surface area contributed by atoms with Crippen LogP contribution in [0.25, 0.3) is 0 Å². The molecule has 0 aromatic carbocycles. The SMILES string of the molecule is Cc1cc(CNCCCC(C)CN)sc1C. The maximum Gasteiger partial charge on any atom is 0.0299 e. The Labute approximate surface area is 103 Å². The van der Waals surface area contributed by atoms with E-state index in [-0.39, 0.29) is 0 Å². The fraction of sp³-hybridized carbons (Fsp3) is 0.692. The number of rotatable bonds is 7. The predicted molar refractivity (Wildman–Crippen MR) is 73.0 cm³/mol. The predicted octanol–water partition coefficient (Wildman–Crippen LogP) is 2.83. The highest BCUT2D eigenvalue weighted by Gasteiger charge is 2.01. The molecule has 3 N–H and O–H groups in total. The molecule has 0 saturated carbocycles. The molecule has 0 aliphatic heterocycles. The molecule has 0 radical (unpaired) electrons. The van der Waals surface area contributed by atoms with Crippen LogP contribution in [0.15, 0.2) is 6.07 Å². The van der Waals surface area contributed by atoms with Gasteiger partial charge in [0, 0.05) is 16.3 Å². The van der Waals surface area contributed by atoms with Crippen molar-refractivity contribution in [2.24, 2.45) is 11.7 Å². The number of aryl methyl sites for hydroxylation is 2. The van der Waals surface area contributed by atoms with Crippen molar-refractivity contribution in [1.29, 1.82) is 0 Å². The van der Waals surface area contributed by atoms with E-state index in [2.05, 4.69) is 32.2 Å². The van der Waals surface area contributed by atoms with Gasteiger partial charge in [0.05, 0.1) is 0 Å². The quantitative estimate of drug-likeness (QED) is 0.719. The summed E-state index contributed by atoms with van der Waals surface area (Å²) in [5.41, 5.74) is 6.99. The summed E-state index contributed by atoms with van der Waals surface area (Å²) in [5.74, 6) is 0.660. The van der Waals surface area contributed by atoms with Crippen molar-refractivity contribution < 1.29 is 0 Å². The first-order valence-corrected chi connectivity index (χ1v) is 6.91. The van der Waals surface area contributed by atoms with Crippen LogP contribution in [0, 0.1) is 19.8 Å². The number of thiophene rings is 1. The summed E-state index contributed by atoms with van der Waals surface area (Å²) < 4.78 is 0. The van der Waals surface area contributed by atoms with Gasteiger partial charge in [0.25, 0.3) is 0 Å². The molecule has 0 saturated heterocycles. The van der Waals surface area contributed by atoms with Gasteiger partial charge < -0.3 is 11.1 Å². The van der Waals surface area contributed by atoms with E-state index >= 15 is 0 Å². The van der Waals surface area contributed by atoms with Crippen molar-refractivity contribution in [1.82, 2.24) is 5.32 Å². The van der Waals surface area contributed by atoms with Crippen molar-refractivity contribution in [3.8, 4) is 0 Å². The lowest BCUT2D eigenvalue weighted by Crippen LogP contribution is -2.17. The summed E-state index contributed by atoms with van der Waals surface area (Å²) in [6.07, 6.45) is 2.45. The van der Waals surface area contributed by atoms with E-state index < -0.39 is 0 Å². The highest BCUT2D eigenvalue weighted by Crippen LogP contribution is 2.20. The van der Waals surface area contributed by atoms with E-state index in [1.54, 1.807) is 0 Å². The van der Waals surface area contributed by atoms with Gasteiger partial charge >= 0.3 is 0 Å². The van der Waals surface area contributed by atoms with Crippen LogP contribution in [0.4, 0.5) is 0 Å². The van der Waals surface area contributed by atoms with Gasteiger partial charge in [-0.2, -0.15) is 0 Å². The molecule has 1 atom stereocenters. The van der Waals surface area contributed by atoms with Crippen LogP contribution in [0.3, 0.4) is 0 Å². The zero-order chi connectivity index (χ0) is 12.0. The first-order valence-electron chi connectivity index (χ1n) is 6.10. The van der Waals surface area contributed by atoms with Crippen molar-refractivity contribution in [2.45, 2.75) is 40.2 Å². The van der Waals surface area contributed by atoms with E-state index in [4.69, 9.17) is 5.73 Å². The second-order valence-electron chi connectivity index (χ2n) is 4.61. The summed E-state index contributed by atoms with van der Waals surface area (Å²) in [4.78, 5) is 2.88. The maximum absolute atomic E-state index is 5.58. The largest absolute Gasteiger partial charge is 0.330 e. The average Bonchev–Trinajstić information content (AvgIpc) is 2.57. The average molecular weight is 240 g/mol. The first-order chi connectivity index (χ1) is 7.63. The molecule has 1 rings (SSSR count). The molecule has 0 aliphatic rings. The van der Waals surface area contributed by atoms with Gasteiger partial charge in [0.2, 0.25) is 0 Å². The van der Waals surface area contributed by atoms with E-state index in [0.717, 1.165) is 19.6 Å². The third-order valence-electron chi connectivity index (χ3n) is 2.97. The van der Waals surface area contributed by atoms with E-state index in [1.807, 2.05) is 11.3 Å².